The van der Waals surface area contributed by atoms with E-state index in [2.05, 4.69) is 12.2 Å². The van der Waals surface area contributed by atoms with Crippen LogP contribution >= 0.6 is 11.6 Å². The molecule has 1 amide bonds. The number of ether oxygens (including phenoxy) is 1. The summed E-state index contributed by atoms with van der Waals surface area (Å²) in [4.78, 5) is 23.9. The van der Waals surface area contributed by atoms with Gasteiger partial charge in [-0.1, -0.05) is 31.4 Å². The highest BCUT2D eigenvalue weighted by atomic mass is 35.5. The number of anilines is 1. The topological polar surface area (TPSA) is 55.4 Å². The van der Waals surface area contributed by atoms with Crippen LogP contribution in [0.4, 0.5) is 5.69 Å². The van der Waals surface area contributed by atoms with Gasteiger partial charge in [0.05, 0.1) is 10.7 Å². The zero-order valence-electron chi connectivity index (χ0n) is 11.9. The Bertz CT molecular complexity index is 591. The molecule has 0 aromatic heterocycles. The molecule has 1 saturated carbocycles. The molecule has 1 aromatic carbocycles. The van der Waals surface area contributed by atoms with E-state index >= 15 is 0 Å². The van der Waals surface area contributed by atoms with Crippen molar-refractivity contribution in [3.05, 3.63) is 22.7 Å². The number of carbonyl (C=O) groups excluding carboxylic acids is 2. The Morgan fingerprint density at radius 2 is 2.00 bits per heavy atom. The molecule has 112 valence electrons. The molecule has 0 atom stereocenters. The number of ketones is 1. The van der Waals surface area contributed by atoms with Crippen molar-refractivity contribution >= 4 is 29.0 Å². The van der Waals surface area contributed by atoms with E-state index in [-0.39, 0.29) is 24.2 Å². The molecular formula is C16H18ClNO3. The zero-order valence-corrected chi connectivity index (χ0v) is 12.7. The molecule has 1 aliphatic heterocycles. The predicted molar refractivity (Wildman–Crippen MR) is 81.0 cm³/mol. The van der Waals surface area contributed by atoms with Gasteiger partial charge in [0, 0.05) is 11.5 Å². The number of hydrogen-bond acceptors (Lipinski definition) is 3. The first-order chi connectivity index (χ1) is 10.0. The number of fused-ring (bicyclic) bond motifs is 1. The second-order valence-corrected chi connectivity index (χ2v) is 6.39. The lowest BCUT2D eigenvalue weighted by Gasteiger charge is -2.26. The molecule has 0 bridgehead atoms. The van der Waals surface area contributed by atoms with Crippen LogP contribution in [0.25, 0.3) is 0 Å². The summed E-state index contributed by atoms with van der Waals surface area (Å²) in [6, 6.07) is 3.27. The predicted octanol–water partition coefficient (Wildman–Crippen LogP) is 3.68. The number of nitrogens with one attached hydrogen (secondary N) is 1. The minimum absolute atomic E-state index is 0.0246. The molecule has 0 radical (unpaired) electrons. The minimum Gasteiger partial charge on any atom is -0.482 e. The van der Waals surface area contributed by atoms with E-state index in [9.17, 15) is 9.59 Å². The van der Waals surface area contributed by atoms with Crippen LogP contribution in [0.5, 0.6) is 5.75 Å². The van der Waals surface area contributed by atoms with Crippen molar-refractivity contribution in [1.82, 2.24) is 0 Å². The van der Waals surface area contributed by atoms with E-state index < -0.39 is 0 Å². The largest absolute Gasteiger partial charge is 0.482 e. The molecule has 0 unspecified atom stereocenters. The fraction of sp³-hybridized carbons (Fsp3) is 0.500. The molecule has 0 saturated heterocycles. The first-order valence-electron chi connectivity index (χ1n) is 7.35. The molecule has 1 heterocycles. The van der Waals surface area contributed by atoms with Crippen molar-refractivity contribution < 1.29 is 14.3 Å². The quantitative estimate of drug-likeness (QED) is 0.848. The third kappa shape index (κ3) is 2.91. The summed E-state index contributed by atoms with van der Waals surface area (Å²) in [6.45, 7) is 2.20. The van der Waals surface area contributed by atoms with Gasteiger partial charge in [0.2, 0.25) is 0 Å². The SMILES string of the molecule is CC1CCC(C(=O)c2cc3c(cc2Cl)NC(=O)CO3)CC1. The van der Waals surface area contributed by atoms with Crippen LogP contribution in [0.2, 0.25) is 5.02 Å². The standard InChI is InChI=1S/C16H18ClNO3/c1-9-2-4-10(5-3-9)16(20)11-6-14-13(7-12(11)17)18-15(19)8-21-14/h6-7,9-10H,2-5,8H2,1H3,(H,18,19). The molecule has 3 rings (SSSR count). The van der Waals surface area contributed by atoms with Crippen LogP contribution in [-0.2, 0) is 4.79 Å². The number of hydrogen-bond donors (Lipinski definition) is 1. The van der Waals surface area contributed by atoms with Crippen molar-refractivity contribution in [2.24, 2.45) is 11.8 Å². The van der Waals surface area contributed by atoms with Gasteiger partial charge in [-0.25, -0.2) is 0 Å². The number of rotatable bonds is 2. The maximum atomic E-state index is 12.7. The highest BCUT2D eigenvalue weighted by Crippen LogP contribution is 2.37. The van der Waals surface area contributed by atoms with Crippen molar-refractivity contribution in [2.45, 2.75) is 32.6 Å². The molecule has 1 aromatic rings. The van der Waals surface area contributed by atoms with Crippen LogP contribution in [0.3, 0.4) is 0 Å². The van der Waals surface area contributed by atoms with E-state index in [4.69, 9.17) is 16.3 Å². The molecule has 2 aliphatic rings. The van der Waals surface area contributed by atoms with Crippen LogP contribution in [0, 0.1) is 11.8 Å². The van der Waals surface area contributed by atoms with E-state index in [1.807, 2.05) is 0 Å². The number of amides is 1. The van der Waals surface area contributed by atoms with Gasteiger partial charge in [0.25, 0.3) is 5.91 Å². The summed E-state index contributed by atoms with van der Waals surface area (Å²) in [6.07, 6.45) is 4.02. The van der Waals surface area contributed by atoms with Crippen LogP contribution in [0.15, 0.2) is 12.1 Å². The highest BCUT2D eigenvalue weighted by molar-refractivity contribution is 6.34. The minimum atomic E-state index is -0.209. The third-order valence-corrected chi connectivity index (χ3v) is 4.67. The summed E-state index contributed by atoms with van der Waals surface area (Å²) in [7, 11) is 0. The van der Waals surface area contributed by atoms with Crippen LogP contribution < -0.4 is 10.1 Å². The van der Waals surface area contributed by atoms with Gasteiger partial charge >= 0.3 is 0 Å². The Balaban J connectivity index is 1.85. The fourth-order valence-corrected chi connectivity index (χ4v) is 3.29. The number of benzene rings is 1. The molecule has 0 spiro atoms. The zero-order chi connectivity index (χ0) is 15.0. The fourth-order valence-electron chi connectivity index (χ4n) is 3.03. The summed E-state index contributed by atoms with van der Waals surface area (Å²) >= 11 is 6.22. The van der Waals surface area contributed by atoms with E-state index in [0.717, 1.165) is 25.7 Å². The summed E-state index contributed by atoms with van der Waals surface area (Å²) < 4.78 is 5.36. The monoisotopic (exact) mass is 307 g/mol. The van der Waals surface area contributed by atoms with Crippen LogP contribution in [0.1, 0.15) is 43.0 Å². The van der Waals surface area contributed by atoms with Gasteiger partial charge in [-0.2, -0.15) is 0 Å². The van der Waals surface area contributed by atoms with Gasteiger partial charge < -0.3 is 10.1 Å². The van der Waals surface area contributed by atoms with Gasteiger partial charge in [-0.3, -0.25) is 9.59 Å². The van der Waals surface area contributed by atoms with Gasteiger partial charge in [-0.05, 0) is 30.9 Å². The Hall–Kier alpha value is -1.55. The first-order valence-corrected chi connectivity index (χ1v) is 7.73. The Morgan fingerprint density at radius 1 is 1.29 bits per heavy atom. The van der Waals surface area contributed by atoms with Crippen molar-refractivity contribution in [2.75, 3.05) is 11.9 Å². The first kappa shape index (κ1) is 14.4. The molecule has 1 N–H and O–H groups in total. The molecule has 1 aliphatic carbocycles. The molecule has 4 nitrogen and oxygen atoms in total. The molecule has 1 fully saturated rings. The normalized spacial score (nSPS) is 24.8. The van der Waals surface area contributed by atoms with Gasteiger partial charge in [0.1, 0.15) is 5.75 Å². The lowest BCUT2D eigenvalue weighted by molar-refractivity contribution is -0.118. The van der Waals surface area contributed by atoms with Crippen molar-refractivity contribution in [3.8, 4) is 5.75 Å². The summed E-state index contributed by atoms with van der Waals surface area (Å²) in [5.41, 5.74) is 1.04. The Kier molecular flexibility index (Phi) is 3.89. The van der Waals surface area contributed by atoms with Crippen molar-refractivity contribution in [1.29, 1.82) is 0 Å². The number of Topliss-reactive ketones (excluding diaryl/α,β-unsaturated/α-hetero) is 1. The maximum Gasteiger partial charge on any atom is 0.262 e. The third-order valence-electron chi connectivity index (χ3n) is 4.35. The van der Waals surface area contributed by atoms with Crippen molar-refractivity contribution in [3.63, 3.8) is 0 Å². The average molecular weight is 308 g/mol. The van der Waals surface area contributed by atoms with Crippen LogP contribution in [-0.4, -0.2) is 18.3 Å². The van der Waals surface area contributed by atoms with E-state index in [1.54, 1.807) is 12.1 Å². The maximum absolute atomic E-state index is 12.7. The molecular weight excluding hydrogens is 290 g/mol. The lowest BCUT2D eigenvalue weighted by Crippen LogP contribution is -2.26. The van der Waals surface area contributed by atoms with Gasteiger partial charge in [0.15, 0.2) is 12.4 Å². The number of halogens is 1. The molecule has 21 heavy (non-hydrogen) atoms. The lowest BCUT2D eigenvalue weighted by atomic mass is 9.79. The Labute approximate surface area is 128 Å². The number of carbonyl (C=O) groups is 2. The van der Waals surface area contributed by atoms with E-state index in [1.165, 1.54) is 0 Å². The van der Waals surface area contributed by atoms with E-state index in [0.29, 0.717) is 27.9 Å². The van der Waals surface area contributed by atoms with Gasteiger partial charge in [-0.15, -0.1) is 0 Å². The Morgan fingerprint density at radius 3 is 2.71 bits per heavy atom. The average Bonchev–Trinajstić information content (AvgIpc) is 2.46. The second-order valence-electron chi connectivity index (χ2n) is 5.99. The second kappa shape index (κ2) is 5.68. The smallest absolute Gasteiger partial charge is 0.262 e. The summed E-state index contributed by atoms with van der Waals surface area (Å²) in [5.74, 6) is 1.15. The summed E-state index contributed by atoms with van der Waals surface area (Å²) in [5, 5.41) is 3.07. The molecule has 5 heteroatoms. The highest BCUT2D eigenvalue weighted by Gasteiger charge is 2.28.